The first-order chi connectivity index (χ1) is 35.6. The van der Waals surface area contributed by atoms with Crippen LogP contribution in [-0.2, 0) is 10.1 Å². The van der Waals surface area contributed by atoms with Crippen molar-refractivity contribution in [2.75, 3.05) is 49.7 Å². The van der Waals surface area contributed by atoms with Crippen molar-refractivity contribution in [3.63, 3.8) is 0 Å². The molecule has 1 N–H and O–H groups in total. The molecule has 0 radical (unpaired) electrons. The fraction of sp³-hybridized carbons (Fsp3) is 0.213. The average molecular weight is 1010 g/mol. The Balaban J connectivity index is 0.983. The van der Waals surface area contributed by atoms with Crippen LogP contribution in [0.4, 0.5) is 45.5 Å². The molecule has 1 unspecified atom stereocenters. The molecule has 10 rings (SSSR count). The van der Waals surface area contributed by atoms with E-state index in [2.05, 4.69) is 148 Å². The fourth-order valence-corrected chi connectivity index (χ4v) is 12.6. The molecule has 1 fully saturated rings. The lowest BCUT2D eigenvalue weighted by molar-refractivity contribution is 0.320. The molecule has 8 aromatic rings. The summed E-state index contributed by atoms with van der Waals surface area (Å²) >= 11 is 1.72. The Hall–Kier alpha value is -7.38. The van der Waals surface area contributed by atoms with Crippen molar-refractivity contribution in [3.05, 3.63) is 182 Å². The third-order valence-electron chi connectivity index (χ3n) is 14.2. The monoisotopic (exact) mass is 1010 g/mol. The number of hydrogen-bond donors (Lipinski definition) is 1. The van der Waals surface area contributed by atoms with Gasteiger partial charge in [0.05, 0.1) is 45.1 Å². The number of anilines is 8. The third-order valence-corrected chi connectivity index (χ3v) is 16.6. The maximum Gasteiger partial charge on any atom is 0.268 e. The van der Waals surface area contributed by atoms with Crippen molar-refractivity contribution >= 4 is 67.4 Å². The van der Waals surface area contributed by atoms with Crippen LogP contribution in [0, 0.1) is 5.92 Å². The average Bonchev–Trinajstić information content (AvgIpc) is 3.43. The molecule has 0 saturated heterocycles. The summed E-state index contributed by atoms with van der Waals surface area (Å²) in [5.41, 5.74) is 12.2. The van der Waals surface area contributed by atoms with Gasteiger partial charge < -0.3 is 33.6 Å². The van der Waals surface area contributed by atoms with Gasteiger partial charge in [0.1, 0.15) is 23.0 Å². The second kappa shape index (κ2) is 21.8. The van der Waals surface area contributed by atoms with Gasteiger partial charge in [-0.25, -0.2) is 0 Å². The molecule has 1 saturated carbocycles. The highest BCUT2D eigenvalue weighted by atomic mass is 32.2. The van der Waals surface area contributed by atoms with Crippen molar-refractivity contribution < 1.29 is 31.9 Å². The van der Waals surface area contributed by atoms with Gasteiger partial charge >= 0.3 is 0 Å². The Morgan fingerprint density at radius 2 is 0.795 bits per heavy atom. The molecule has 372 valence electrons. The topological polar surface area (TPSA) is 101 Å². The van der Waals surface area contributed by atoms with Gasteiger partial charge in [-0.3, -0.25) is 4.55 Å². The molecular formula is C61H59N3O7S2. The Morgan fingerprint density at radius 1 is 0.479 bits per heavy atom. The van der Waals surface area contributed by atoms with E-state index in [9.17, 15) is 13.0 Å². The van der Waals surface area contributed by atoms with E-state index in [-0.39, 0.29) is 5.92 Å². The Kier molecular flexibility index (Phi) is 14.7. The Labute approximate surface area is 433 Å². The predicted molar refractivity (Wildman–Crippen MR) is 297 cm³/mol. The highest BCUT2D eigenvalue weighted by Gasteiger charge is 2.35. The summed E-state index contributed by atoms with van der Waals surface area (Å²) in [6.45, 7) is 0.433. The van der Waals surface area contributed by atoms with Crippen molar-refractivity contribution in [2.24, 2.45) is 5.92 Å². The van der Waals surface area contributed by atoms with Gasteiger partial charge in [-0.1, -0.05) is 67.4 Å². The highest BCUT2D eigenvalue weighted by molar-refractivity contribution is 7.99. The molecular weight excluding hydrogens is 951 g/mol. The second-order valence-corrected chi connectivity index (χ2v) is 21.1. The van der Waals surface area contributed by atoms with Crippen molar-refractivity contribution in [1.82, 2.24) is 0 Å². The molecule has 2 aliphatic rings. The quantitative estimate of drug-likeness (QED) is 0.0883. The molecule has 0 amide bonds. The van der Waals surface area contributed by atoms with E-state index in [1.54, 1.807) is 40.2 Å². The molecule has 1 aliphatic carbocycles. The summed E-state index contributed by atoms with van der Waals surface area (Å²) < 4.78 is 58.7. The molecule has 10 nitrogen and oxygen atoms in total. The molecule has 12 heteroatoms. The number of benzene rings is 8. The van der Waals surface area contributed by atoms with E-state index in [4.69, 9.17) is 18.9 Å². The van der Waals surface area contributed by atoms with Gasteiger partial charge in [0.15, 0.2) is 0 Å². The largest absolute Gasteiger partial charge is 0.497 e. The first-order valence-corrected chi connectivity index (χ1v) is 27.0. The zero-order valence-corrected chi connectivity index (χ0v) is 43.1. The standard InChI is InChI=1S/C61H59N3O7S2/c1-68-53-28-20-49(21-29-53)63(50-22-30-54(69-2)31-23-50)47-16-10-42(11-17-47)45-14-36-57-59(40-45)72-60-41-46(15-37-58(60)62(57)39-38-61(73(65,66)67)44-8-6-5-7-9-44)43-12-18-48(19-13-43)64(51-24-32-55(70-3)33-25-51)52-26-34-56(71-4)35-27-52/h10-37,40-41,44,61H,5-9,38-39H2,1-4H3,(H,65,66,67). The Morgan fingerprint density at radius 3 is 1.11 bits per heavy atom. The summed E-state index contributed by atoms with van der Waals surface area (Å²) in [4.78, 5) is 8.79. The number of rotatable bonds is 17. The zero-order chi connectivity index (χ0) is 50.5. The van der Waals surface area contributed by atoms with E-state index >= 15 is 0 Å². The minimum atomic E-state index is -4.27. The summed E-state index contributed by atoms with van der Waals surface area (Å²) in [5, 5.41) is -0.823. The van der Waals surface area contributed by atoms with E-state index in [1.807, 2.05) is 48.5 Å². The maximum absolute atomic E-state index is 13.1. The van der Waals surface area contributed by atoms with Gasteiger partial charge in [-0.2, -0.15) is 8.42 Å². The van der Waals surface area contributed by atoms with Gasteiger partial charge in [-0.15, -0.1) is 0 Å². The van der Waals surface area contributed by atoms with Crippen LogP contribution in [0.5, 0.6) is 23.0 Å². The number of nitrogens with zero attached hydrogens (tertiary/aromatic N) is 3. The lowest BCUT2D eigenvalue weighted by Gasteiger charge is -2.35. The molecule has 1 aliphatic heterocycles. The Bertz CT molecular complexity index is 2970. The molecule has 8 aromatic carbocycles. The second-order valence-electron chi connectivity index (χ2n) is 18.4. The van der Waals surface area contributed by atoms with Gasteiger partial charge in [0.2, 0.25) is 0 Å². The van der Waals surface area contributed by atoms with Gasteiger partial charge in [0, 0.05) is 50.5 Å². The third kappa shape index (κ3) is 10.7. The van der Waals surface area contributed by atoms with Crippen molar-refractivity contribution in [2.45, 2.75) is 53.6 Å². The normalized spacial score (nSPS) is 13.8. The summed E-state index contributed by atoms with van der Waals surface area (Å²) in [7, 11) is 2.41. The number of methoxy groups -OCH3 is 4. The minimum absolute atomic E-state index is 0.0618. The maximum atomic E-state index is 13.1. The first-order valence-electron chi connectivity index (χ1n) is 24.7. The van der Waals surface area contributed by atoms with Crippen LogP contribution >= 0.6 is 11.8 Å². The predicted octanol–water partition coefficient (Wildman–Crippen LogP) is 15.8. The smallest absolute Gasteiger partial charge is 0.268 e. The van der Waals surface area contributed by atoms with Crippen LogP contribution < -0.4 is 33.6 Å². The minimum Gasteiger partial charge on any atom is -0.497 e. The molecule has 0 spiro atoms. The number of ether oxygens (including phenoxy) is 4. The van der Waals surface area contributed by atoms with Crippen LogP contribution in [0.3, 0.4) is 0 Å². The lowest BCUT2D eigenvalue weighted by Crippen LogP contribution is -2.35. The van der Waals surface area contributed by atoms with Gasteiger partial charge in [-0.05, 0) is 193 Å². The van der Waals surface area contributed by atoms with E-state index in [0.717, 1.165) is 133 Å². The SMILES string of the molecule is COc1ccc(N(c2ccc(OC)cc2)c2ccc(-c3ccc4c(c3)Sc3cc(-c5ccc(N(c6ccc(OC)cc6)c6ccc(OC)cc6)cc5)ccc3N4CCC(C3CCCCC3)S(=O)(=O)O)cc2)cc1. The van der Waals surface area contributed by atoms with Crippen LogP contribution in [0.15, 0.2) is 192 Å². The van der Waals surface area contributed by atoms with Crippen molar-refractivity contribution in [1.29, 1.82) is 0 Å². The molecule has 73 heavy (non-hydrogen) atoms. The molecule has 1 heterocycles. The molecule has 0 bridgehead atoms. The lowest BCUT2D eigenvalue weighted by atomic mass is 9.85. The number of fused-ring (bicyclic) bond motifs is 2. The van der Waals surface area contributed by atoms with E-state index in [0.29, 0.717) is 13.0 Å². The summed E-state index contributed by atoms with van der Waals surface area (Å²) in [5.74, 6) is 3.08. The first kappa shape index (κ1) is 49.2. The van der Waals surface area contributed by atoms with Crippen LogP contribution in [0.2, 0.25) is 0 Å². The number of hydrogen-bond acceptors (Lipinski definition) is 10. The fourth-order valence-electron chi connectivity index (χ4n) is 10.3. The van der Waals surface area contributed by atoms with E-state index in [1.165, 1.54) is 0 Å². The highest BCUT2D eigenvalue weighted by Crippen LogP contribution is 2.51. The van der Waals surface area contributed by atoms with Crippen LogP contribution in [0.25, 0.3) is 22.3 Å². The van der Waals surface area contributed by atoms with E-state index < -0.39 is 15.4 Å². The molecule has 0 aromatic heterocycles. The van der Waals surface area contributed by atoms with Crippen molar-refractivity contribution in [3.8, 4) is 45.3 Å². The van der Waals surface area contributed by atoms with Gasteiger partial charge in [0.25, 0.3) is 10.1 Å². The molecule has 1 atom stereocenters. The van der Waals surface area contributed by atoms with Crippen LogP contribution in [-0.4, -0.2) is 53.2 Å². The van der Waals surface area contributed by atoms with Crippen LogP contribution in [0.1, 0.15) is 38.5 Å². The summed E-state index contributed by atoms with van der Waals surface area (Å²) in [6, 6.07) is 62.4. The zero-order valence-electron chi connectivity index (χ0n) is 41.5. The summed E-state index contributed by atoms with van der Waals surface area (Å²) in [6.07, 6.45) is 5.01.